The van der Waals surface area contributed by atoms with E-state index >= 15 is 0 Å². The number of benzene rings is 1. The van der Waals surface area contributed by atoms with E-state index in [4.69, 9.17) is 16.1 Å². The Morgan fingerprint density at radius 2 is 1.93 bits per heavy atom. The maximum Gasteiger partial charge on any atom is 0.433 e. The fourth-order valence-electron chi connectivity index (χ4n) is 3.60. The molecule has 1 aliphatic rings. The first-order valence-corrected chi connectivity index (χ1v) is 9.57. The van der Waals surface area contributed by atoms with Crippen LogP contribution in [0.1, 0.15) is 41.4 Å². The Labute approximate surface area is 171 Å². The number of pyridine rings is 2. The standard InChI is InChI=1S/C22H20F3N5/c23-22(24,25)19-5-2-6-20(30-19)28-18-11-14(7-8-15(18)12-26)17-10-9-13-3-1-4-16(27)21(13)29-17/h2,5-12,16,26H,1,3-4,27H2,(H,28,30). The number of halogens is 3. The van der Waals surface area contributed by atoms with E-state index in [1.54, 1.807) is 12.1 Å². The van der Waals surface area contributed by atoms with Crippen LogP contribution in [0.15, 0.2) is 48.5 Å². The number of aryl methyl sites for hydroxylation is 1. The summed E-state index contributed by atoms with van der Waals surface area (Å²) in [6.45, 7) is 0. The average Bonchev–Trinajstić information content (AvgIpc) is 2.73. The number of aromatic nitrogens is 2. The quantitative estimate of drug-likeness (QED) is 0.513. The Hall–Kier alpha value is -3.26. The van der Waals surface area contributed by atoms with Crippen molar-refractivity contribution < 1.29 is 13.2 Å². The second-order valence-corrected chi connectivity index (χ2v) is 7.22. The summed E-state index contributed by atoms with van der Waals surface area (Å²) in [5.41, 5.74) is 9.77. The van der Waals surface area contributed by atoms with Gasteiger partial charge in [0.05, 0.1) is 11.4 Å². The van der Waals surface area contributed by atoms with Gasteiger partial charge in [-0.25, -0.2) is 4.98 Å². The number of rotatable bonds is 4. The summed E-state index contributed by atoms with van der Waals surface area (Å²) in [7, 11) is 0. The highest BCUT2D eigenvalue weighted by Gasteiger charge is 2.32. The van der Waals surface area contributed by atoms with E-state index in [0.29, 0.717) is 11.3 Å². The van der Waals surface area contributed by atoms with Gasteiger partial charge in [-0.2, -0.15) is 13.2 Å². The van der Waals surface area contributed by atoms with E-state index in [-0.39, 0.29) is 11.9 Å². The van der Waals surface area contributed by atoms with Crippen LogP contribution in [-0.2, 0) is 12.6 Å². The van der Waals surface area contributed by atoms with Gasteiger partial charge in [-0.1, -0.05) is 24.3 Å². The summed E-state index contributed by atoms with van der Waals surface area (Å²) in [5.74, 6) is 0.0468. The summed E-state index contributed by atoms with van der Waals surface area (Å²) in [4.78, 5) is 8.38. The van der Waals surface area contributed by atoms with Gasteiger partial charge in [-0.3, -0.25) is 4.98 Å². The molecule has 0 spiro atoms. The zero-order chi connectivity index (χ0) is 21.3. The largest absolute Gasteiger partial charge is 0.433 e. The predicted octanol–water partition coefficient (Wildman–Crippen LogP) is 5.24. The van der Waals surface area contributed by atoms with E-state index in [0.717, 1.165) is 54.1 Å². The lowest BCUT2D eigenvalue weighted by atomic mass is 9.91. The Morgan fingerprint density at radius 1 is 1.10 bits per heavy atom. The van der Waals surface area contributed by atoms with Gasteiger partial charge in [0.25, 0.3) is 0 Å². The molecule has 1 aliphatic carbocycles. The average molecular weight is 411 g/mol. The van der Waals surface area contributed by atoms with Crippen LogP contribution < -0.4 is 11.1 Å². The summed E-state index contributed by atoms with van der Waals surface area (Å²) < 4.78 is 38.9. The number of alkyl halides is 3. The summed E-state index contributed by atoms with van der Waals surface area (Å²) in [5, 5.41) is 10.5. The van der Waals surface area contributed by atoms with Crippen LogP contribution in [0.4, 0.5) is 24.7 Å². The third-order valence-corrected chi connectivity index (χ3v) is 5.13. The van der Waals surface area contributed by atoms with Crippen LogP contribution in [0.3, 0.4) is 0 Å². The minimum Gasteiger partial charge on any atom is -0.340 e. The van der Waals surface area contributed by atoms with Gasteiger partial charge in [0.2, 0.25) is 0 Å². The maximum atomic E-state index is 13.0. The van der Waals surface area contributed by atoms with Gasteiger partial charge >= 0.3 is 6.18 Å². The van der Waals surface area contributed by atoms with Crippen molar-refractivity contribution in [1.29, 1.82) is 5.41 Å². The monoisotopic (exact) mass is 411 g/mol. The van der Waals surface area contributed by atoms with Crippen LogP contribution in [-0.4, -0.2) is 16.2 Å². The Kier molecular flexibility index (Phi) is 5.26. The van der Waals surface area contributed by atoms with E-state index in [9.17, 15) is 13.2 Å². The van der Waals surface area contributed by atoms with E-state index in [1.807, 2.05) is 18.2 Å². The second kappa shape index (κ2) is 7.87. The van der Waals surface area contributed by atoms with Crippen molar-refractivity contribution in [3.63, 3.8) is 0 Å². The molecule has 8 heteroatoms. The van der Waals surface area contributed by atoms with E-state index in [2.05, 4.69) is 10.3 Å². The first-order valence-electron chi connectivity index (χ1n) is 9.57. The minimum absolute atomic E-state index is 0.0468. The number of anilines is 2. The maximum absolute atomic E-state index is 13.0. The van der Waals surface area contributed by atoms with Crippen LogP contribution >= 0.6 is 0 Å². The highest BCUT2D eigenvalue weighted by Crippen LogP contribution is 2.32. The molecule has 3 aromatic rings. The first-order chi connectivity index (χ1) is 14.3. The lowest BCUT2D eigenvalue weighted by Gasteiger charge is -2.21. The van der Waals surface area contributed by atoms with Gasteiger partial charge in [-0.15, -0.1) is 0 Å². The number of hydrogen-bond acceptors (Lipinski definition) is 5. The number of nitrogens with zero attached hydrogens (tertiary/aromatic N) is 2. The highest BCUT2D eigenvalue weighted by atomic mass is 19.4. The highest BCUT2D eigenvalue weighted by molar-refractivity contribution is 5.89. The molecule has 30 heavy (non-hydrogen) atoms. The normalized spacial score (nSPS) is 16.1. The molecule has 1 aromatic carbocycles. The van der Waals surface area contributed by atoms with Crippen molar-refractivity contribution in [3.8, 4) is 11.3 Å². The summed E-state index contributed by atoms with van der Waals surface area (Å²) in [6.07, 6.45) is -0.506. The third kappa shape index (κ3) is 4.04. The van der Waals surface area contributed by atoms with Crippen molar-refractivity contribution in [3.05, 3.63) is 71.0 Å². The number of hydrogen-bond donors (Lipinski definition) is 3. The second-order valence-electron chi connectivity index (χ2n) is 7.22. The van der Waals surface area contributed by atoms with E-state index in [1.165, 1.54) is 12.1 Å². The van der Waals surface area contributed by atoms with Gasteiger partial charge in [0, 0.05) is 29.1 Å². The van der Waals surface area contributed by atoms with Crippen LogP contribution in [0.5, 0.6) is 0 Å². The van der Waals surface area contributed by atoms with Crippen molar-refractivity contribution in [2.75, 3.05) is 5.32 Å². The molecule has 5 nitrogen and oxygen atoms in total. The molecule has 0 bridgehead atoms. The molecule has 0 amide bonds. The Balaban J connectivity index is 1.70. The SMILES string of the molecule is N=Cc1ccc(-c2ccc3c(n2)C(N)CCC3)cc1Nc1cccc(C(F)(F)F)n1. The summed E-state index contributed by atoms with van der Waals surface area (Å²) in [6, 6.07) is 12.8. The fraction of sp³-hybridized carbons (Fsp3) is 0.227. The zero-order valence-corrected chi connectivity index (χ0v) is 16.0. The van der Waals surface area contributed by atoms with Gasteiger partial charge in [0.1, 0.15) is 11.5 Å². The Bertz CT molecular complexity index is 1090. The third-order valence-electron chi connectivity index (χ3n) is 5.13. The number of nitrogens with one attached hydrogen (secondary N) is 2. The van der Waals surface area contributed by atoms with Crippen LogP contribution in [0.25, 0.3) is 11.3 Å². The van der Waals surface area contributed by atoms with Crippen LogP contribution in [0.2, 0.25) is 0 Å². The van der Waals surface area contributed by atoms with Crippen molar-refractivity contribution in [2.24, 2.45) is 5.73 Å². The molecule has 0 fully saturated rings. The minimum atomic E-state index is -4.53. The van der Waals surface area contributed by atoms with Crippen molar-refractivity contribution >= 4 is 17.7 Å². The molecular weight excluding hydrogens is 391 g/mol. The first kappa shape index (κ1) is 20.0. The number of nitrogens with two attached hydrogens (primary N) is 1. The Morgan fingerprint density at radius 3 is 2.70 bits per heavy atom. The topological polar surface area (TPSA) is 87.7 Å². The molecule has 2 aromatic heterocycles. The van der Waals surface area contributed by atoms with Crippen molar-refractivity contribution in [2.45, 2.75) is 31.5 Å². The molecule has 154 valence electrons. The van der Waals surface area contributed by atoms with Gasteiger partial charge < -0.3 is 16.5 Å². The smallest absolute Gasteiger partial charge is 0.340 e. The molecule has 0 aliphatic heterocycles. The molecule has 4 rings (SSSR count). The lowest BCUT2D eigenvalue weighted by Crippen LogP contribution is -2.19. The van der Waals surface area contributed by atoms with Crippen LogP contribution in [0, 0.1) is 5.41 Å². The summed E-state index contributed by atoms with van der Waals surface area (Å²) >= 11 is 0. The molecule has 2 heterocycles. The van der Waals surface area contributed by atoms with Gasteiger partial charge in [-0.05, 0) is 49.1 Å². The van der Waals surface area contributed by atoms with E-state index < -0.39 is 11.9 Å². The lowest BCUT2D eigenvalue weighted by molar-refractivity contribution is -0.141. The molecular formula is C22H20F3N5. The molecule has 1 unspecified atom stereocenters. The zero-order valence-electron chi connectivity index (χ0n) is 16.0. The molecule has 4 N–H and O–H groups in total. The number of fused-ring (bicyclic) bond motifs is 1. The predicted molar refractivity (Wildman–Crippen MR) is 110 cm³/mol. The molecule has 0 saturated carbocycles. The molecule has 0 radical (unpaired) electrons. The fourth-order valence-corrected chi connectivity index (χ4v) is 3.60. The molecule has 0 saturated heterocycles. The van der Waals surface area contributed by atoms with Gasteiger partial charge in [0.15, 0.2) is 0 Å². The molecule has 1 atom stereocenters. The van der Waals surface area contributed by atoms with Crippen molar-refractivity contribution in [1.82, 2.24) is 9.97 Å².